The molecular weight excluding hydrogens is 336 g/mol. The van der Waals surface area contributed by atoms with Gasteiger partial charge in [-0.25, -0.2) is 8.42 Å². The van der Waals surface area contributed by atoms with E-state index in [1.54, 1.807) is 36.2 Å². The molecule has 0 unspecified atom stereocenters. The van der Waals surface area contributed by atoms with Gasteiger partial charge in [0.2, 0.25) is 10.0 Å². The van der Waals surface area contributed by atoms with Crippen molar-refractivity contribution < 1.29 is 13.2 Å². The minimum absolute atomic E-state index is 0.124. The molecule has 0 spiro atoms. The van der Waals surface area contributed by atoms with Gasteiger partial charge >= 0.3 is 0 Å². The number of carbonyl (C=O) groups is 1. The number of nitrogens with zero attached hydrogens (tertiary/aromatic N) is 2. The van der Waals surface area contributed by atoms with E-state index in [0.29, 0.717) is 11.3 Å². The summed E-state index contributed by atoms with van der Waals surface area (Å²) < 4.78 is 27.0. The Morgan fingerprint density at radius 3 is 2.16 bits per heavy atom. The summed E-state index contributed by atoms with van der Waals surface area (Å²) in [5.41, 5.74) is 3.28. The lowest BCUT2D eigenvalue weighted by atomic mass is 10.1. The van der Waals surface area contributed by atoms with Crippen LogP contribution in [0.5, 0.6) is 0 Å². The van der Waals surface area contributed by atoms with E-state index < -0.39 is 15.3 Å². The normalized spacial score (nSPS) is 14.9. The second-order valence-corrected chi connectivity index (χ2v) is 8.80. The minimum Gasteiger partial charge on any atom is -0.336 e. The predicted molar refractivity (Wildman–Crippen MR) is 99.4 cm³/mol. The van der Waals surface area contributed by atoms with Crippen LogP contribution in [-0.4, -0.2) is 44.6 Å². The van der Waals surface area contributed by atoms with Crippen LogP contribution in [0.2, 0.25) is 0 Å². The fourth-order valence-electron chi connectivity index (χ4n) is 3.06. The number of anilines is 1. The summed E-state index contributed by atoms with van der Waals surface area (Å²) in [5.74, 6) is -0.124. The Kier molecular flexibility index (Phi) is 4.56. The highest BCUT2D eigenvalue weighted by Gasteiger charge is 2.42. The van der Waals surface area contributed by atoms with Crippen LogP contribution < -0.4 is 4.31 Å². The molecular formula is C19H22N2O3S. The minimum atomic E-state index is -3.50. The first kappa shape index (κ1) is 17.5. The van der Waals surface area contributed by atoms with Crippen LogP contribution in [0.15, 0.2) is 48.5 Å². The molecule has 1 saturated heterocycles. The molecule has 25 heavy (non-hydrogen) atoms. The maximum atomic E-state index is 12.8. The Morgan fingerprint density at radius 2 is 1.60 bits per heavy atom. The van der Waals surface area contributed by atoms with Crippen molar-refractivity contribution >= 4 is 21.6 Å². The van der Waals surface area contributed by atoms with Crippen LogP contribution in [0.4, 0.5) is 5.69 Å². The SMILES string of the molecule is Cc1cc(C)cc(N(C)S(=O)(=O)C2CN(C(=O)c3ccccc3)C2)c1. The summed E-state index contributed by atoms with van der Waals surface area (Å²) in [7, 11) is -1.92. The fourth-order valence-corrected chi connectivity index (χ4v) is 4.64. The number of benzene rings is 2. The largest absolute Gasteiger partial charge is 0.336 e. The zero-order valence-electron chi connectivity index (χ0n) is 14.6. The van der Waals surface area contributed by atoms with E-state index in [-0.39, 0.29) is 19.0 Å². The van der Waals surface area contributed by atoms with Crippen molar-refractivity contribution in [1.82, 2.24) is 4.90 Å². The lowest BCUT2D eigenvalue weighted by molar-refractivity contribution is 0.0659. The molecule has 5 nitrogen and oxygen atoms in total. The van der Waals surface area contributed by atoms with E-state index in [2.05, 4.69) is 0 Å². The second kappa shape index (κ2) is 6.52. The van der Waals surface area contributed by atoms with Gasteiger partial charge in [0.05, 0.1) is 5.69 Å². The Bertz CT molecular complexity index is 868. The summed E-state index contributed by atoms with van der Waals surface area (Å²) in [6.45, 7) is 4.34. The number of carbonyl (C=O) groups excluding carboxylic acids is 1. The number of hydrogen-bond acceptors (Lipinski definition) is 3. The van der Waals surface area contributed by atoms with Gasteiger partial charge in [0.15, 0.2) is 0 Å². The molecule has 3 rings (SSSR count). The van der Waals surface area contributed by atoms with E-state index in [9.17, 15) is 13.2 Å². The van der Waals surface area contributed by atoms with Gasteiger partial charge < -0.3 is 4.90 Å². The molecule has 1 aliphatic heterocycles. The molecule has 0 radical (unpaired) electrons. The zero-order valence-corrected chi connectivity index (χ0v) is 15.5. The molecule has 1 heterocycles. The number of hydrogen-bond donors (Lipinski definition) is 0. The molecule has 2 aromatic rings. The molecule has 1 fully saturated rings. The summed E-state index contributed by atoms with van der Waals surface area (Å²) in [6.07, 6.45) is 0. The zero-order chi connectivity index (χ0) is 18.2. The molecule has 0 bridgehead atoms. The summed E-state index contributed by atoms with van der Waals surface area (Å²) in [5, 5.41) is -0.564. The highest BCUT2D eigenvalue weighted by Crippen LogP contribution is 2.26. The van der Waals surface area contributed by atoms with Crippen LogP contribution in [0, 0.1) is 13.8 Å². The maximum Gasteiger partial charge on any atom is 0.253 e. The van der Waals surface area contributed by atoms with Crippen LogP contribution >= 0.6 is 0 Å². The smallest absolute Gasteiger partial charge is 0.253 e. The van der Waals surface area contributed by atoms with Crippen LogP contribution in [-0.2, 0) is 10.0 Å². The molecule has 0 N–H and O–H groups in total. The number of rotatable bonds is 4. The topological polar surface area (TPSA) is 57.7 Å². The van der Waals surface area contributed by atoms with Crippen LogP contribution in [0.1, 0.15) is 21.5 Å². The first-order valence-electron chi connectivity index (χ1n) is 8.19. The van der Waals surface area contributed by atoms with Gasteiger partial charge in [-0.1, -0.05) is 24.3 Å². The Hall–Kier alpha value is -2.34. The van der Waals surface area contributed by atoms with Gasteiger partial charge in [0.25, 0.3) is 5.91 Å². The van der Waals surface area contributed by atoms with Crippen molar-refractivity contribution in [1.29, 1.82) is 0 Å². The third-order valence-electron chi connectivity index (χ3n) is 4.53. The highest BCUT2D eigenvalue weighted by atomic mass is 32.2. The van der Waals surface area contributed by atoms with Crippen molar-refractivity contribution in [3.63, 3.8) is 0 Å². The maximum absolute atomic E-state index is 12.8. The van der Waals surface area contributed by atoms with Crippen molar-refractivity contribution in [2.45, 2.75) is 19.1 Å². The lowest BCUT2D eigenvalue weighted by Gasteiger charge is -2.40. The molecule has 0 saturated carbocycles. The van der Waals surface area contributed by atoms with Crippen LogP contribution in [0.3, 0.4) is 0 Å². The van der Waals surface area contributed by atoms with Gasteiger partial charge in [0, 0.05) is 25.7 Å². The van der Waals surface area contributed by atoms with Crippen LogP contribution in [0.25, 0.3) is 0 Å². The molecule has 2 aromatic carbocycles. The van der Waals surface area contributed by atoms with Gasteiger partial charge in [-0.05, 0) is 49.2 Å². The van der Waals surface area contributed by atoms with Crippen molar-refractivity contribution in [2.75, 3.05) is 24.4 Å². The third kappa shape index (κ3) is 3.39. The number of aryl methyl sites for hydroxylation is 2. The first-order valence-corrected chi connectivity index (χ1v) is 9.70. The molecule has 132 valence electrons. The molecule has 6 heteroatoms. The summed E-state index contributed by atoms with van der Waals surface area (Å²) >= 11 is 0. The highest BCUT2D eigenvalue weighted by molar-refractivity contribution is 7.93. The van der Waals surface area contributed by atoms with Crippen molar-refractivity contribution in [2.24, 2.45) is 0 Å². The van der Waals surface area contributed by atoms with E-state index in [1.165, 1.54) is 4.31 Å². The van der Waals surface area contributed by atoms with E-state index in [1.807, 2.05) is 38.1 Å². The second-order valence-electron chi connectivity index (χ2n) is 6.56. The monoisotopic (exact) mass is 358 g/mol. The lowest BCUT2D eigenvalue weighted by Crippen LogP contribution is -2.59. The Balaban J connectivity index is 1.71. The molecule has 0 atom stereocenters. The van der Waals surface area contributed by atoms with Gasteiger partial charge in [-0.15, -0.1) is 0 Å². The number of amides is 1. The first-order chi connectivity index (χ1) is 11.8. The standard InChI is InChI=1S/C19H22N2O3S/c1-14-9-15(2)11-17(10-14)20(3)25(23,24)18-12-21(13-18)19(22)16-7-5-4-6-8-16/h4-11,18H,12-13H2,1-3H3. The summed E-state index contributed by atoms with van der Waals surface area (Å²) in [4.78, 5) is 13.9. The summed E-state index contributed by atoms with van der Waals surface area (Å²) in [6, 6.07) is 14.7. The Labute approximate surface area is 148 Å². The van der Waals surface area contributed by atoms with E-state index in [0.717, 1.165) is 11.1 Å². The van der Waals surface area contributed by atoms with E-state index in [4.69, 9.17) is 0 Å². The number of likely N-dealkylation sites (tertiary alicyclic amines) is 1. The van der Waals surface area contributed by atoms with Gasteiger partial charge in [-0.3, -0.25) is 9.10 Å². The van der Waals surface area contributed by atoms with Gasteiger partial charge in [-0.2, -0.15) is 0 Å². The Morgan fingerprint density at radius 1 is 1.04 bits per heavy atom. The molecule has 1 aliphatic rings. The average molecular weight is 358 g/mol. The van der Waals surface area contributed by atoms with Crippen molar-refractivity contribution in [3.8, 4) is 0 Å². The average Bonchev–Trinajstić information content (AvgIpc) is 2.52. The molecule has 1 amide bonds. The molecule has 0 aromatic heterocycles. The van der Waals surface area contributed by atoms with E-state index >= 15 is 0 Å². The quantitative estimate of drug-likeness (QED) is 0.844. The predicted octanol–water partition coefficient (Wildman–Crippen LogP) is 2.59. The fraction of sp³-hybridized carbons (Fsp3) is 0.316. The number of sulfonamides is 1. The third-order valence-corrected chi connectivity index (χ3v) is 6.64. The van der Waals surface area contributed by atoms with Crippen molar-refractivity contribution in [3.05, 3.63) is 65.2 Å². The van der Waals surface area contributed by atoms with Gasteiger partial charge in [0.1, 0.15) is 5.25 Å². The molecule has 0 aliphatic carbocycles.